The van der Waals surface area contributed by atoms with Crippen LogP contribution >= 0.6 is 0 Å². The number of H-pyrrole nitrogens is 2. The van der Waals surface area contributed by atoms with Crippen molar-refractivity contribution in [2.24, 2.45) is 5.92 Å². The zero-order chi connectivity index (χ0) is 20.6. The van der Waals surface area contributed by atoms with E-state index < -0.39 is 40.1 Å². The van der Waals surface area contributed by atoms with Crippen LogP contribution in [0.4, 0.5) is 11.5 Å². The number of nitrogens with zero attached hydrogens (tertiary/aromatic N) is 1. The maximum atomic E-state index is 12.8. The molecule has 0 saturated heterocycles. The summed E-state index contributed by atoms with van der Waals surface area (Å²) in [7, 11) is 0. The second-order valence-corrected chi connectivity index (χ2v) is 6.64. The minimum absolute atomic E-state index is 0.0678. The molecule has 28 heavy (non-hydrogen) atoms. The van der Waals surface area contributed by atoms with Gasteiger partial charge in [0.05, 0.1) is 16.6 Å². The van der Waals surface area contributed by atoms with Gasteiger partial charge in [-0.05, 0) is 19.4 Å². The quantitative estimate of drug-likeness (QED) is 0.411. The number of carbonyl (C=O) groups is 1. The molecule has 10 nitrogen and oxygen atoms in total. The Morgan fingerprint density at radius 2 is 2.00 bits per heavy atom. The second kappa shape index (κ2) is 7.14. The van der Waals surface area contributed by atoms with E-state index >= 15 is 0 Å². The fourth-order valence-corrected chi connectivity index (χ4v) is 3.27. The van der Waals surface area contributed by atoms with E-state index in [0.29, 0.717) is 5.56 Å². The second-order valence-electron chi connectivity index (χ2n) is 6.64. The van der Waals surface area contributed by atoms with Crippen molar-refractivity contribution in [2.45, 2.75) is 25.9 Å². The standard InChI is InChI=1S/C18H18N4O6/c1-8(2)28-17(24)12-9(3)19-15-14(16(23)21-18(25)20-15)13(12)10-5-4-6-11(7-10)22(26)27/h4-8,12-13H,3H2,1-2H3,(H3,19,20,21,23,25)/t12-,13+/m1/s1. The Balaban J connectivity index is 2.26. The first-order chi connectivity index (χ1) is 13.2. The lowest BCUT2D eigenvalue weighted by atomic mass is 9.77. The maximum Gasteiger partial charge on any atom is 0.327 e. The van der Waals surface area contributed by atoms with E-state index in [-0.39, 0.29) is 22.8 Å². The number of rotatable bonds is 4. The van der Waals surface area contributed by atoms with Crippen LogP contribution in [0.5, 0.6) is 0 Å². The molecule has 10 heteroatoms. The van der Waals surface area contributed by atoms with Gasteiger partial charge in [-0.3, -0.25) is 29.7 Å². The molecule has 0 aliphatic carbocycles. The number of aromatic nitrogens is 2. The van der Waals surface area contributed by atoms with Gasteiger partial charge in [0, 0.05) is 23.7 Å². The van der Waals surface area contributed by atoms with Gasteiger partial charge in [-0.25, -0.2) is 4.79 Å². The SMILES string of the molecule is C=C1Nc2[nH]c(=O)[nH]c(=O)c2[C@@H](c2cccc([N+](=O)[O-])c2)[C@@H]1C(=O)OC(C)C. The van der Waals surface area contributed by atoms with Crippen LogP contribution in [0.1, 0.15) is 30.9 Å². The molecule has 2 aromatic rings. The van der Waals surface area contributed by atoms with Gasteiger partial charge in [0.25, 0.3) is 11.2 Å². The van der Waals surface area contributed by atoms with Gasteiger partial charge in [-0.1, -0.05) is 18.7 Å². The van der Waals surface area contributed by atoms with Crippen molar-refractivity contribution in [3.05, 3.63) is 78.6 Å². The number of esters is 1. The molecule has 1 aromatic carbocycles. The fourth-order valence-electron chi connectivity index (χ4n) is 3.27. The van der Waals surface area contributed by atoms with E-state index in [1.807, 2.05) is 0 Å². The van der Waals surface area contributed by atoms with Crippen molar-refractivity contribution in [2.75, 3.05) is 5.32 Å². The average Bonchev–Trinajstić information content (AvgIpc) is 2.59. The molecule has 1 aliphatic heterocycles. The predicted molar refractivity (Wildman–Crippen MR) is 100 cm³/mol. The molecule has 2 atom stereocenters. The molecule has 0 unspecified atom stereocenters. The van der Waals surface area contributed by atoms with Crippen LogP contribution in [0.3, 0.4) is 0 Å². The molecule has 1 aromatic heterocycles. The van der Waals surface area contributed by atoms with Crippen LogP contribution in [0, 0.1) is 16.0 Å². The normalized spacial score (nSPS) is 18.3. The Morgan fingerprint density at radius 1 is 1.29 bits per heavy atom. The topological polar surface area (TPSA) is 147 Å². The number of carbonyl (C=O) groups excluding carboxylic acids is 1. The minimum Gasteiger partial charge on any atom is -0.462 e. The summed E-state index contributed by atoms with van der Waals surface area (Å²) in [6, 6.07) is 5.62. The van der Waals surface area contributed by atoms with Crippen molar-refractivity contribution in [1.82, 2.24) is 9.97 Å². The zero-order valence-corrected chi connectivity index (χ0v) is 15.1. The largest absolute Gasteiger partial charge is 0.462 e. The van der Waals surface area contributed by atoms with Crippen molar-refractivity contribution >= 4 is 17.5 Å². The Hall–Kier alpha value is -3.69. The third-order valence-corrected chi connectivity index (χ3v) is 4.33. The number of nitro groups is 1. The highest BCUT2D eigenvalue weighted by atomic mass is 16.6. The molecule has 0 saturated carbocycles. The van der Waals surface area contributed by atoms with Crippen molar-refractivity contribution in [3.63, 3.8) is 0 Å². The van der Waals surface area contributed by atoms with E-state index in [4.69, 9.17) is 4.74 Å². The zero-order valence-electron chi connectivity index (χ0n) is 15.1. The van der Waals surface area contributed by atoms with Gasteiger partial charge >= 0.3 is 11.7 Å². The molecule has 0 fully saturated rings. The van der Waals surface area contributed by atoms with Gasteiger partial charge in [0.2, 0.25) is 0 Å². The summed E-state index contributed by atoms with van der Waals surface area (Å²) >= 11 is 0. The number of nitro benzene ring substituents is 1. The highest BCUT2D eigenvalue weighted by Crippen LogP contribution is 2.42. The molecule has 0 spiro atoms. The smallest absolute Gasteiger partial charge is 0.327 e. The van der Waals surface area contributed by atoms with Gasteiger partial charge in [-0.15, -0.1) is 0 Å². The highest BCUT2D eigenvalue weighted by molar-refractivity contribution is 5.81. The minimum atomic E-state index is -1.02. The Labute approximate surface area is 158 Å². The van der Waals surface area contributed by atoms with Crippen LogP contribution in [0.15, 0.2) is 46.1 Å². The summed E-state index contributed by atoms with van der Waals surface area (Å²) in [5.41, 5.74) is -1.02. The van der Waals surface area contributed by atoms with E-state index in [1.165, 1.54) is 18.2 Å². The number of non-ortho nitro benzene ring substituents is 1. The lowest BCUT2D eigenvalue weighted by Gasteiger charge is -2.34. The summed E-state index contributed by atoms with van der Waals surface area (Å²) in [4.78, 5) is 52.2. The van der Waals surface area contributed by atoms with E-state index in [1.54, 1.807) is 19.9 Å². The highest BCUT2D eigenvalue weighted by Gasteiger charge is 2.42. The maximum absolute atomic E-state index is 12.8. The van der Waals surface area contributed by atoms with Gasteiger partial charge in [-0.2, -0.15) is 0 Å². The van der Waals surface area contributed by atoms with Gasteiger partial charge in [0.15, 0.2) is 0 Å². The van der Waals surface area contributed by atoms with Crippen molar-refractivity contribution in [1.29, 1.82) is 0 Å². The Kier molecular flexibility index (Phi) is 4.87. The number of ether oxygens (including phenoxy) is 1. The number of anilines is 1. The first-order valence-corrected chi connectivity index (χ1v) is 8.46. The molecule has 0 amide bonds. The third kappa shape index (κ3) is 3.43. The summed E-state index contributed by atoms with van der Waals surface area (Å²) in [5.74, 6) is -2.51. The number of fused-ring (bicyclic) bond motifs is 1. The van der Waals surface area contributed by atoms with E-state index in [0.717, 1.165) is 0 Å². The van der Waals surface area contributed by atoms with Gasteiger partial charge < -0.3 is 10.1 Å². The molecule has 3 N–H and O–H groups in total. The van der Waals surface area contributed by atoms with Crippen LogP contribution < -0.4 is 16.6 Å². The van der Waals surface area contributed by atoms with Gasteiger partial charge in [0.1, 0.15) is 11.7 Å². The van der Waals surface area contributed by atoms with E-state index in [9.17, 15) is 24.5 Å². The molecule has 0 bridgehead atoms. The van der Waals surface area contributed by atoms with Crippen LogP contribution in [0.2, 0.25) is 0 Å². The van der Waals surface area contributed by atoms with Crippen LogP contribution in [0.25, 0.3) is 0 Å². The summed E-state index contributed by atoms with van der Waals surface area (Å²) < 4.78 is 5.31. The van der Waals surface area contributed by atoms with Crippen LogP contribution in [-0.2, 0) is 9.53 Å². The number of hydrogen-bond acceptors (Lipinski definition) is 7. The molecular formula is C18H18N4O6. The monoisotopic (exact) mass is 386 g/mol. The van der Waals surface area contributed by atoms with E-state index in [2.05, 4.69) is 21.9 Å². The fraction of sp³-hybridized carbons (Fsp3) is 0.278. The number of nitrogens with one attached hydrogen (secondary N) is 3. The summed E-state index contributed by atoms with van der Waals surface area (Å²) in [6.07, 6.45) is -0.415. The average molecular weight is 386 g/mol. The number of aromatic amines is 2. The predicted octanol–water partition coefficient (Wildman–Crippen LogP) is 1.61. The first-order valence-electron chi connectivity index (χ1n) is 8.46. The van der Waals surface area contributed by atoms with Crippen molar-refractivity contribution in [3.8, 4) is 0 Å². The Bertz CT molecular complexity index is 1080. The molecule has 0 radical (unpaired) electrons. The molecule has 1 aliphatic rings. The molecular weight excluding hydrogens is 368 g/mol. The number of benzene rings is 1. The first kappa shape index (κ1) is 19.1. The third-order valence-electron chi connectivity index (χ3n) is 4.33. The van der Waals surface area contributed by atoms with Crippen molar-refractivity contribution < 1.29 is 14.5 Å². The molecule has 146 valence electrons. The number of hydrogen-bond donors (Lipinski definition) is 3. The lowest BCUT2D eigenvalue weighted by Crippen LogP contribution is -2.40. The molecule has 3 rings (SSSR count). The lowest BCUT2D eigenvalue weighted by molar-refractivity contribution is -0.384. The molecule has 2 heterocycles. The summed E-state index contributed by atoms with van der Waals surface area (Å²) in [5, 5.41) is 14.0. The summed E-state index contributed by atoms with van der Waals surface area (Å²) in [6.45, 7) is 7.19. The van der Waals surface area contributed by atoms with Crippen LogP contribution in [-0.4, -0.2) is 27.0 Å². The Morgan fingerprint density at radius 3 is 2.64 bits per heavy atom.